The predicted molar refractivity (Wildman–Crippen MR) is 127 cm³/mol. The van der Waals surface area contributed by atoms with Crippen molar-refractivity contribution in [2.45, 2.75) is 25.9 Å². The van der Waals surface area contributed by atoms with Crippen LogP contribution in [0.2, 0.25) is 0 Å². The molecule has 2 aromatic heterocycles. The first-order chi connectivity index (χ1) is 16.5. The van der Waals surface area contributed by atoms with Gasteiger partial charge in [0.25, 0.3) is 0 Å². The number of hydrogen-bond acceptors (Lipinski definition) is 7. The van der Waals surface area contributed by atoms with E-state index in [1.54, 1.807) is 11.1 Å². The number of aliphatic carboxylic acids is 1. The number of fused-ring (bicyclic) bond motifs is 1. The molecule has 1 fully saturated rings. The minimum atomic E-state index is -0.932. The zero-order chi connectivity index (χ0) is 23.7. The highest BCUT2D eigenvalue weighted by Gasteiger charge is 2.22. The van der Waals surface area contributed by atoms with E-state index in [-0.39, 0.29) is 12.5 Å². The van der Waals surface area contributed by atoms with Crippen LogP contribution in [0.1, 0.15) is 17.7 Å². The minimum absolute atomic E-state index is 0.160. The molecule has 2 aliphatic heterocycles. The number of carbonyl (C=O) groups excluding carboxylic acids is 1. The quantitative estimate of drug-likeness (QED) is 0.591. The molecule has 0 unspecified atom stereocenters. The number of aryl methyl sites for hydroxylation is 1. The number of hydrogen-bond donors (Lipinski definition) is 1. The van der Waals surface area contributed by atoms with Crippen molar-refractivity contribution < 1.29 is 14.7 Å². The molecule has 2 aliphatic rings. The summed E-state index contributed by atoms with van der Waals surface area (Å²) in [6.45, 7) is 3.95. The zero-order valence-corrected chi connectivity index (χ0v) is 19.1. The van der Waals surface area contributed by atoms with Gasteiger partial charge in [0.05, 0.1) is 23.8 Å². The molecule has 10 nitrogen and oxygen atoms in total. The van der Waals surface area contributed by atoms with Gasteiger partial charge in [0, 0.05) is 63.6 Å². The van der Waals surface area contributed by atoms with Gasteiger partial charge in [-0.2, -0.15) is 0 Å². The number of benzene rings is 1. The number of rotatable bonds is 6. The summed E-state index contributed by atoms with van der Waals surface area (Å²) in [5, 5.41) is 16.8. The highest BCUT2D eigenvalue weighted by molar-refractivity contribution is 5.96. The first kappa shape index (κ1) is 22.0. The topological polar surface area (TPSA) is 108 Å². The Hall–Kier alpha value is -3.79. The normalized spacial score (nSPS) is 16.6. The van der Waals surface area contributed by atoms with Crippen LogP contribution in [0.3, 0.4) is 0 Å². The maximum absolute atomic E-state index is 12.0. The van der Waals surface area contributed by atoms with Gasteiger partial charge >= 0.3 is 5.97 Å². The fourth-order valence-electron chi connectivity index (χ4n) is 4.61. The van der Waals surface area contributed by atoms with Crippen molar-refractivity contribution in [3.8, 4) is 11.1 Å². The van der Waals surface area contributed by atoms with Crippen molar-refractivity contribution in [3.05, 3.63) is 54.1 Å². The van der Waals surface area contributed by atoms with Crippen LogP contribution < -0.4 is 9.80 Å². The molecular formula is C24H27N7O3. The standard InChI is InChI=1S/C24H27N7O3/c1-28-22-4-2-17(10-18(22)3-5-23(28)32)19-11-21(13-25-12-19)30-8-6-29(7-9-30)14-20-15-31(27-26-20)16-24(33)34/h2,4,10-13,15H,3,5-9,14,16H2,1H3,(H,33,34). The van der Waals surface area contributed by atoms with Gasteiger partial charge in [-0.1, -0.05) is 11.3 Å². The molecule has 0 bridgehead atoms. The molecule has 1 saturated heterocycles. The highest BCUT2D eigenvalue weighted by atomic mass is 16.4. The number of anilines is 2. The van der Waals surface area contributed by atoms with Gasteiger partial charge in [0.2, 0.25) is 5.91 Å². The fraction of sp³-hybridized carbons (Fsp3) is 0.375. The molecule has 5 rings (SSSR count). The summed E-state index contributed by atoms with van der Waals surface area (Å²) in [6.07, 6.45) is 6.80. The summed E-state index contributed by atoms with van der Waals surface area (Å²) in [5.74, 6) is -0.772. The number of amides is 1. The lowest BCUT2D eigenvalue weighted by Crippen LogP contribution is -2.46. The third kappa shape index (κ3) is 4.62. The molecule has 10 heteroatoms. The SMILES string of the molecule is CN1C(=O)CCc2cc(-c3cncc(N4CCN(Cc5cn(CC(=O)O)nn5)CC4)c3)ccc21. The zero-order valence-electron chi connectivity index (χ0n) is 19.1. The van der Waals surface area contributed by atoms with Crippen LogP contribution in [0.15, 0.2) is 42.9 Å². The average Bonchev–Trinajstić information content (AvgIpc) is 3.27. The smallest absolute Gasteiger partial charge is 0.325 e. The summed E-state index contributed by atoms with van der Waals surface area (Å²) < 4.78 is 1.35. The average molecular weight is 462 g/mol. The van der Waals surface area contributed by atoms with Crippen LogP contribution >= 0.6 is 0 Å². The molecule has 1 aromatic carbocycles. The number of pyridine rings is 1. The molecule has 1 amide bonds. The number of aromatic nitrogens is 4. The third-order valence-electron chi connectivity index (χ3n) is 6.49. The molecular weight excluding hydrogens is 434 g/mol. The van der Waals surface area contributed by atoms with Crippen molar-refractivity contribution in [1.82, 2.24) is 24.9 Å². The van der Waals surface area contributed by atoms with Gasteiger partial charge in [-0.15, -0.1) is 5.10 Å². The fourth-order valence-corrected chi connectivity index (χ4v) is 4.61. The van der Waals surface area contributed by atoms with Crippen molar-refractivity contribution in [3.63, 3.8) is 0 Å². The van der Waals surface area contributed by atoms with Crippen LogP contribution in [-0.2, 0) is 29.1 Å². The van der Waals surface area contributed by atoms with Crippen molar-refractivity contribution in [1.29, 1.82) is 0 Å². The lowest BCUT2D eigenvalue weighted by atomic mass is 9.96. The van der Waals surface area contributed by atoms with Crippen molar-refractivity contribution in [2.75, 3.05) is 43.0 Å². The Labute approximate surface area is 197 Å². The van der Waals surface area contributed by atoms with Gasteiger partial charge in [0.1, 0.15) is 6.54 Å². The molecule has 0 spiro atoms. The van der Waals surface area contributed by atoms with E-state index in [9.17, 15) is 9.59 Å². The van der Waals surface area contributed by atoms with Gasteiger partial charge in [-0.25, -0.2) is 4.68 Å². The minimum Gasteiger partial charge on any atom is -0.480 e. The summed E-state index contributed by atoms with van der Waals surface area (Å²) in [6, 6.07) is 8.44. The van der Waals surface area contributed by atoms with E-state index in [0.29, 0.717) is 13.0 Å². The summed E-state index contributed by atoms with van der Waals surface area (Å²) in [4.78, 5) is 33.7. The van der Waals surface area contributed by atoms with Gasteiger partial charge in [0.15, 0.2) is 0 Å². The molecule has 34 heavy (non-hydrogen) atoms. The lowest BCUT2D eigenvalue weighted by molar-refractivity contribution is -0.137. The van der Waals surface area contributed by atoms with Crippen LogP contribution in [0.25, 0.3) is 11.1 Å². The molecule has 1 N–H and O–H groups in total. The molecule has 0 saturated carbocycles. The van der Waals surface area contributed by atoms with E-state index in [2.05, 4.69) is 43.3 Å². The number of carboxylic acid groups (broad SMARTS) is 1. The van der Waals surface area contributed by atoms with E-state index in [0.717, 1.165) is 60.8 Å². The highest BCUT2D eigenvalue weighted by Crippen LogP contribution is 2.32. The Morgan fingerprint density at radius 3 is 2.68 bits per heavy atom. The summed E-state index contributed by atoms with van der Waals surface area (Å²) in [5.41, 5.74) is 6.23. The molecule has 4 heterocycles. The Balaban J connectivity index is 1.23. The number of nitrogens with zero attached hydrogens (tertiary/aromatic N) is 7. The Morgan fingerprint density at radius 1 is 1.06 bits per heavy atom. The largest absolute Gasteiger partial charge is 0.480 e. The molecule has 0 atom stereocenters. The maximum Gasteiger partial charge on any atom is 0.325 e. The summed E-state index contributed by atoms with van der Waals surface area (Å²) in [7, 11) is 1.83. The molecule has 176 valence electrons. The number of carboxylic acids is 1. The Morgan fingerprint density at radius 2 is 1.88 bits per heavy atom. The second-order valence-electron chi connectivity index (χ2n) is 8.79. The first-order valence-corrected chi connectivity index (χ1v) is 11.4. The monoisotopic (exact) mass is 461 g/mol. The predicted octanol–water partition coefficient (Wildman–Crippen LogP) is 1.66. The Kier molecular flexibility index (Phi) is 5.97. The van der Waals surface area contributed by atoms with Crippen LogP contribution in [0.5, 0.6) is 0 Å². The van der Waals surface area contributed by atoms with E-state index in [1.807, 2.05) is 25.5 Å². The van der Waals surface area contributed by atoms with Crippen LogP contribution in [0, 0.1) is 0 Å². The van der Waals surface area contributed by atoms with E-state index in [4.69, 9.17) is 5.11 Å². The molecule has 0 aliphatic carbocycles. The third-order valence-corrected chi connectivity index (χ3v) is 6.49. The number of piperazine rings is 1. The van der Waals surface area contributed by atoms with Gasteiger partial charge < -0.3 is 14.9 Å². The molecule has 0 radical (unpaired) electrons. The molecule has 3 aromatic rings. The van der Waals surface area contributed by atoms with Crippen LogP contribution in [0.4, 0.5) is 11.4 Å². The second-order valence-corrected chi connectivity index (χ2v) is 8.79. The van der Waals surface area contributed by atoms with E-state index >= 15 is 0 Å². The van der Waals surface area contributed by atoms with Crippen molar-refractivity contribution >= 4 is 23.3 Å². The van der Waals surface area contributed by atoms with E-state index < -0.39 is 5.97 Å². The maximum atomic E-state index is 12.0. The van der Waals surface area contributed by atoms with Crippen LogP contribution in [-0.4, -0.2) is 75.1 Å². The van der Waals surface area contributed by atoms with Gasteiger partial charge in [-0.3, -0.25) is 19.5 Å². The Bertz CT molecular complexity index is 1220. The number of carbonyl (C=O) groups is 2. The summed E-state index contributed by atoms with van der Waals surface area (Å²) >= 11 is 0. The lowest BCUT2D eigenvalue weighted by Gasteiger charge is -2.35. The van der Waals surface area contributed by atoms with E-state index in [1.165, 1.54) is 10.2 Å². The second kappa shape index (κ2) is 9.22. The first-order valence-electron chi connectivity index (χ1n) is 11.4. The van der Waals surface area contributed by atoms with Crippen molar-refractivity contribution in [2.24, 2.45) is 0 Å². The van der Waals surface area contributed by atoms with Gasteiger partial charge in [-0.05, 0) is 35.7 Å².